The Bertz CT molecular complexity index is 767. The Kier molecular flexibility index (Phi) is 7.28. The van der Waals surface area contributed by atoms with E-state index in [2.05, 4.69) is 5.32 Å². The molecule has 0 saturated carbocycles. The molecule has 0 aliphatic carbocycles. The second kappa shape index (κ2) is 9.44. The number of nitrogens with one attached hydrogen (secondary N) is 1. The maximum absolute atomic E-state index is 13.7. The van der Waals surface area contributed by atoms with Gasteiger partial charge in [0.15, 0.2) is 0 Å². The fourth-order valence-corrected chi connectivity index (χ4v) is 3.52. The summed E-state index contributed by atoms with van der Waals surface area (Å²) in [5.74, 6) is -1.99. The van der Waals surface area contributed by atoms with E-state index < -0.39 is 11.8 Å². The first kappa shape index (κ1) is 20.1. The molecule has 0 spiro atoms. The topological polar surface area (TPSA) is 86.7 Å². The molecule has 1 aromatic carbocycles. The van der Waals surface area contributed by atoms with Crippen LogP contribution in [0.25, 0.3) is 6.08 Å². The van der Waals surface area contributed by atoms with Crippen LogP contribution in [0.15, 0.2) is 29.2 Å². The van der Waals surface area contributed by atoms with E-state index in [0.717, 1.165) is 11.8 Å². The zero-order valence-corrected chi connectivity index (χ0v) is 15.4. The summed E-state index contributed by atoms with van der Waals surface area (Å²) in [5.41, 5.74) is 0.311. The van der Waals surface area contributed by atoms with E-state index in [-0.39, 0.29) is 37.7 Å². The van der Waals surface area contributed by atoms with Crippen LogP contribution in [-0.4, -0.2) is 45.2 Å². The van der Waals surface area contributed by atoms with E-state index in [9.17, 15) is 18.8 Å². The average Bonchev–Trinajstić information content (AvgIpc) is 2.84. The number of hydrogen-bond donors (Lipinski definition) is 2. The molecule has 138 valence electrons. The van der Waals surface area contributed by atoms with Crippen molar-refractivity contribution in [3.63, 3.8) is 0 Å². The Morgan fingerprint density at radius 1 is 1.31 bits per heavy atom. The number of amides is 2. The summed E-state index contributed by atoms with van der Waals surface area (Å²) in [7, 11) is 0. The van der Waals surface area contributed by atoms with Crippen molar-refractivity contribution in [3.8, 4) is 0 Å². The molecule has 2 amide bonds. The van der Waals surface area contributed by atoms with Gasteiger partial charge in [0.25, 0.3) is 5.91 Å². The summed E-state index contributed by atoms with van der Waals surface area (Å²) in [6.45, 7) is 0.340. The van der Waals surface area contributed by atoms with Crippen LogP contribution < -0.4 is 5.32 Å². The number of thiocarbonyl (C=S) groups is 1. The van der Waals surface area contributed by atoms with E-state index in [4.69, 9.17) is 17.3 Å². The number of carbonyl (C=O) groups is 3. The van der Waals surface area contributed by atoms with Crippen molar-refractivity contribution in [2.24, 2.45) is 0 Å². The Morgan fingerprint density at radius 3 is 2.73 bits per heavy atom. The minimum absolute atomic E-state index is 0.0700. The highest BCUT2D eigenvalue weighted by atomic mass is 32.2. The first-order valence-electron chi connectivity index (χ1n) is 7.87. The second-order valence-corrected chi connectivity index (χ2v) is 7.13. The molecule has 0 radical (unpaired) electrons. The van der Waals surface area contributed by atoms with Crippen LogP contribution in [0.3, 0.4) is 0 Å². The summed E-state index contributed by atoms with van der Waals surface area (Å²) < 4.78 is 14.1. The van der Waals surface area contributed by atoms with Crippen molar-refractivity contribution >= 4 is 52.2 Å². The molecule has 6 nitrogen and oxygen atoms in total. The number of halogens is 1. The minimum Gasteiger partial charge on any atom is -0.481 e. The minimum atomic E-state index is -0.982. The van der Waals surface area contributed by atoms with Crippen LogP contribution in [0, 0.1) is 5.82 Å². The van der Waals surface area contributed by atoms with E-state index in [0.29, 0.717) is 21.2 Å². The molecule has 0 aromatic heterocycles. The summed E-state index contributed by atoms with van der Waals surface area (Å²) in [4.78, 5) is 36.1. The maximum atomic E-state index is 13.7. The molecule has 0 atom stereocenters. The largest absolute Gasteiger partial charge is 0.481 e. The van der Waals surface area contributed by atoms with Gasteiger partial charge in [-0.2, -0.15) is 0 Å². The molecular weight excluding hydrogens is 379 g/mol. The standard InChI is InChI=1S/C17H17FN2O4S2/c18-12-5-2-1-4-11(12)10-13-16(24)20(17(25)26-13)9-3-6-14(21)19-8-7-15(22)23/h1-2,4-5,10H,3,6-9H2,(H,19,21)(H,22,23)/b13-10-. The summed E-state index contributed by atoms with van der Waals surface area (Å²) in [6, 6.07) is 6.14. The van der Waals surface area contributed by atoms with E-state index >= 15 is 0 Å². The third-order valence-electron chi connectivity index (χ3n) is 3.51. The summed E-state index contributed by atoms with van der Waals surface area (Å²) in [5, 5.41) is 11.0. The molecule has 9 heteroatoms. The number of rotatable bonds is 8. The molecule has 1 aromatic rings. The lowest BCUT2D eigenvalue weighted by molar-refractivity contribution is -0.137. The van der Waals surface area contributed by atoms with Crippen LogP contribution in [-0.2, 0) is 14.4 Å². The van der Waals surface area contributed by atoms with Gasteiger partial charge in [-0.25, -0.2) is 4.39 Å². The summed E-state index contributed by atoms with van der Waals surface area (Å²) in [6.07, 6.45) is 1.87. The SMILES string of the molecule is O=C(O)CCNC(=O)CCCN1C(=O)/C(=C/c2ccccc2F)SC1=S. The number of carboxylic acid groups (broad SMARTS) is 1. The van der Waals surface area contributed by atoms with Crippen LogP contribution in [0.5, 0.6) is 0 Å². The average molecular weight is 396 g/mol. The van der Waals surface area contributed by atoms with Gasteiger partial charge >= 0.3 is 5.97 Å². The molecule has 2 N–H and O–H groups in total. The van der Waals surface area contributed by atoms with Crippen LogP contribution in [0.1, 0.15) is 24.8 Å². The van der Waals surface area contributed by atoms with Gasteiger partial charge in [0, 0.05) is 25.1 Å². The third-order valence-corrected chi connectivity index (χ3v) is 4.89. The molecular formula is C17H17FN2O4S2. The Balaban J connectivity index is 1.86. The molecule has 1 saturated heterocycles. The van der Waals surface area contributed by atoms with Gasteiger partial charge in [0.05, 0.1) is 11.3 Å². The van der Waals surface area contributed by atoms with Crippen LogP contribution in [0.4, 0.5) is 4.39 Å². The van der Waals surface area contributed by atoms with Gasteiger partial charge in [0.1, 0.15) is 10.1 Å². The molecule has 1 heterocycles. The number of thioether (sulfide) groups is 1. The van der Waals surface area contributed by atoms with Crippen molar-refractivity contribution in [3.05, 3.63) is 40.6 Å². The molecule has 1 aliphatic rings. The van der Waals surface area contributed by atoms with E-state index in [1.165, 1.54) is 17.0 Å². The van der Waals surface area contributed by atoms with Crippen molar-refractivity contribution in [2.45, 2.75) is 19.3 Å². The van der Waals surface area contributed by atoms with Gasteiger partial charge in [-0.15, -0.1) is 0 Å². The fraction of sp³-hybridized carbons (Fsp3) is 0.294. The molecule has 1 aliphatic heterocycles. The molecule has 0 unspecified atom stereocenters. The van der Waals surface area contributed by atoms with Crippen molar-refractivity contribution in [2.75, 3.05) is 13.1 Å². The lowest BCUT2D eigenvalue weighted by atomic mass is 10.2. The van der Waals surface area contributed by atoms with Gasteiger partial charge in [-0.05, 0) is 18.6 Å². The quantitative estimate of drug-likeness (QED) is 0.518. The number of hydrogen-bond acceptors (Lipinski definition) is 5. The maximum Gasteiger partial charge on any atom is 0.305 e. The first-order valence-corrected chi connectivity index (χ1v) is 9.09. The highest BCUT2D eigenvalue weighted by Gasteiger charge is 2.31. The molecule has 1 fully saturated rings. The Hall–Kier alpha value is -2.26. The number of carboxylic acids is 1. The third kappa shape index (κ3) is 5.63. The first-order chi connectivity index (χ1) is 12.4. The highest BCUT2D eigenvalue weighted by Crippen LogP contribution is 2.33. The van der Waals surface area contributed by atoms with Gasteiger partial charge < -0.3 is 10.4 Å². The van der Waals surface area contributed by atoms with Crippen LogP contribution in [0.2, 0.25) is 0 Å². The predicted octanol–water partition coefficient (Wildman–Crippen LogP) is 2.40. The zero-order chi connectivity index (χ0) is 19.1. The number of carbonyl (C=O) groups excluding carboxylic acids is 2. The summed E-state index contributed by atoms with van der Waals surface area (Å²) >= 11 is 6.29. The van der Waals surface area contributed by atoms with E-state index in [1.807, 2.05) is 0 Å². The predicted molar refractivity (Wildman–Crippen MR) is 101 cm³/mol. The van der Waals surface area contributed by atoms with Gasteiger partial charge in [-0.3, -0.25) is 19.3 Å². The number of nitrogens with zero attached hydrogens (tertiary/aromatic N) is 1. The lowest BCUT2D eigenvalue weighted by Crippen LogP contribution is -2.31. The number of aliphatic carboxylic acids is 1. The fourth-order valence-electron chi connectivity index (χ4n) is 2.22. The van der Waals surface area contributed by atoms with Gasteiger partial charge in [0.2, 0.25) is 5.91 Å². The van der Waals surface area contributed by atoms with Crippen molar-refractivity contribution in [1.29, 1.82) is 0 Å². The monoisotopic (exact) mass is 396 g/mol. The van der Waals surface area contributed by atoms with E-state index in [1.54, 1.807) is 18.2 Å². The second-order valence-electron chi connectivity index (χ2n) is 5.45. The molecule has 26 heavy (non-hydrogen) atoms. The van der Waals surface area contributed by atoms with Crippen molar-refractivity contribution < 1.29 is 23.9 Å². The molecule has 0 bridgehead atoms. The zero-order valence-electron chi connectivity index (χ0n) is 13.7. The number of benzene rings is 1. The lowest BCUT2D eigenvalue weighted by Gasteiger charge is -2.14. The van der Waals surface area contributed by atoms with Crippen molar-refractivity contribution in [1.82, 2.24) is 10.2 Å². The normalized spacial score (nSPS) is 15.6. The van der Waals surface area contributed by atoms with Crippen LogP contribution >= 0.6 is 24.0 Å². The Labute approximate surface area is 159 Å². The smallest absolute Gasteiger partial charge is 0.305 e. The molecule has 2 rings (SSSR count). The highest BCUT2D eigenvalue weighted by molar-refractivity contribution is 8.26. The Morgan fingerprint density at radius 2 is 2.04 bits per heavy atom. The van der Waals surface area contributed by atoms with Gasteiger partial charge in [-0.1, -0.05) is 42.2 Å².